The average Bonchev–Trinajstić information content (AvgIpc) is 3.05. The van der Waals surface area contributed by atoms with Crippen molar-refractivity contribution >= 4 is 22.5 Å². The zero-order chi connectivity index (χ0) is 15.2. The predicted octanol–water partition coefficient (Wildman–Crippen LogP) is 1.89. The fourth-order valence-corrected chi connectivity index (χ4v) is 2.59. The topological polar surface area (TPSA) is 97.6 Å². The fourth-order valence-electron chi connectivity index (χ4n) is 1.81. The van der Waals surface area contributed by atoms with Gasteiger partial charge < -0.3 is 9.88 Å². The number of hydrogen-bond donors (Lipinski definition) is 2. The molecule has 0 aliphatic rings. The number of urea groups is 1. The molecular weight excluding hydrogens is 290 g/mol. The van der Waals surface area contributed by atoms with Crippen LogP contribution in [0.3, 0.4) is 0 Å². The van der Waals surface area contributed by atoms with Crippen molar-refractivity contribution in [3.05, 3.63) is 17.2 Å². The number of anilines is 1. The number of aromatic nitrogens is 5. The van der Waals surface area contributed by atoms with E-state index in [-0.39, 0.29) is 12.1 Å². The summed E-state index contributed by atoms with van der Waals surface area (Å²) >= 11 is 1.40. The van der Waals surface area contributed by atoms with Crippen molar-refractivity contribution in [3.8, 4) is 0 Å². The summed E-state index contributed by atoms with van der Waals surface area (Å²) < 4.78 is 1.76. The average molecular weight is 309 g/mol. The van der Waals surface area contributed by atoms with E-state index in [0.29, 0.717) is 11.0 Å². The lowest BCUT2D eigenvalue weighted by atomic mass is 10.3. The number of hydrogen-bond acceptors (Lipinski definition) is 6. The maximum absolute atomic E-state index is 11.9. The first-order valence-corrected chi connectivity index (χ1v) is 7.65. The van der Waals surface area contributed by atoms with Gasteiger partial charge in [0, 0.05) is 13.5 Å². The number of carbonyl (C=O) groups excluding carboxylic acids is 1. The van der Waals surface area contributed by atoms with Gasteiger partial charge >= 0.3 is 6.03 Å². The van der Waals surface area contributed by atoms with E-state index in [1.165, 1.54) is 11.3 Å². The molecule has 2 heterocycles. The van der Waals surface area contributed by atoms with Crippen LogP contribution in [0, 0.1) is 0 Å². The second-order valence-corrected chi connectivity index (χ2v) is 5.79. The molecule has 0 radical (unpaired) electrons. The van der Waals surface area contributed by atoms with Gasteiger partial charge in [-0.3, -0.25) is 5.32 Å². The molecule has 2 aromatic heterocycles. The van der Waals surface area contributed by atoms with Gasteiger partial charge in [-0.25, -0.2) is 4.79 Å². The van der Waals surface area contributed by atoms with E-state index in [9.17, 15) is 4.79 Å². The molecule has 0 bridgehead atoms. The lowest BCUT2D eigenvalue weighted by Crippen LogP contribution is -2.32. The van der Waals surface area contributed by atoms with Gasteiger partial charge in [-0.15, -0.1) is 20.4 Å². The van der Waals surface area contributed by atoms with Crippen LogP contribution < -0.4 is 10.6 Å². The molecule has 21 heavy (non-hydrogen) atoms. The SMILES string of the molecule is CCCCc1nnc(NC(=O)NC(C)c2nncn2C)s1. The van der Waals surface area contributed by atoms with E-state index in [0.717, 1.165) is 24.3 Å². The lowest BCUT2D eigenvalue weighted by molar-refractivity contribution is 0.248. The van der Waals surface area contributed by atoms with E-state index in [2.05, 4.69) is 38.0 Å². The zero-order valence-electron chi connectivity index (χ0n) is 12.3. The van der Waals surface area contributed by atoms with Crippen LogP contribution in [-0.4, -0.2) is 31.0 Å². The molecule has 1 atom stereocenters. The minimum atomic E-state index is -0.330. The standard InChI is InChI=1S/C12H19N7OS/c1-4-5-6-9-16-18-12(21-9)15-11(20)14-8(2)10-17-13-7-19(10)3/h7-8H,4-6H2,1-3H3,(H2,14,15,18,20). The number of amides is 2. The highest BCUT2D eigenvalue weighted by molar-refractivity contribution is 7.15. The predicted molar refractivity (Wildman–Crippen MR) is 80.1 cm³/mol. The van der Waals surface area contributed by atoms with Crippen LogP contribution in [0.1, 0.15) is 43.6 Å². The summed E-state index contributed by atoms with van der Waals surface area (Å²) in [6, 6.07) is -0.575. The number of nitrogens with zero attached hydrogens (tertiary/aromatic N) is 5. The highest BCUT2D eigenvalue weighted by atomic mass is 32.1. The Morgan fingerprint density at radius 1 is 1.43 bits per heavy atom. The Labute approximate surface area is 127 Å². The van der Waals surface area contributed by atoms with Gasteiger partial charge in [-0.1, -0.05) is 24.7 Å². The third-order valence-electron chi connectivity index (χ3n) is 2.91. The van der Waals surface area contributed by atoms with Crippen LogP contribution in [0.25, 0.3) is 0 Å². The first-order chi connectivity index (χ1) is 10.1. The van der Waals surface area contributed by atoms with Crippen molar-refractivity contribution in [1.29, 1.82) is 0 Å². The molecule has 2 rings (SSSR count). The third kappa shape index (κ3) is 4.22. The maximum atomic E-state index is 11.9. The fraction of sp³-hybridized carbons (Fsp3) is 0.583. The van der Waals surface area contributed by atoms with Crippen LogP contribution >= 0.6 is 11.3 Å². The molecule has 114 valence electrons. The number of nitrogens with one attached hydrogen (secondary N) is 2. The van der Waals surface area contributed by atoms with Crippen molar-refractivity contribution in [2.75, 3.05) is 5.32 Å². The van der Waals surface area contributed by atoms with Gasteiger partial charge in [0.15, 0.2) is 5.82 Å². The summed E-state index contributed by atoms with van der Waals surface area (Å²) in [5.41, 5.74) is 0. The molecule has 0 aromatic carbocycles. The van der Waals surface area contributed by atoms with E-state index >= 15 is 0 Å². The Hall–Kier alpha value is -2.03. The first kappa shape index (κ1) is 15.4. The second-order valence-electron chi connectivity index (χ2n) is 4.72. The summed E-state index contributed by atoms with van der Waals surface area (Å²) in [6.07, 6.45) is 4.67. The molecule has 0 aliphatic carbocycles. The second kappa shape index (κ2) is 7.11. The van der Waals surface area contributed by atoms with Crippen LogP contribution in [0.2, 0.25) is 0 Å². The Morgan fingerprint density at radius 2 is 2.24 bits per heavy atom. The lowest BCUT2D eigenvalue weighted by Gasteiger charge is -2.12. The number of unbranched alkanes of at least 4 members (excludes halogenated alkanes) is 1. The molecule has 2 N–H and O–H groups in total. The molecule has 0 fully saturated rings. The van der Waals surface area contributed by atoms with Crippen molar-refractivity contribution in [3.63, 3.8) is 0 Å². The molecule has 0 saturated heterocycles. The van der Waals surface area contributed by atoms with Gasteiger partial charge in [0.2, 0.25) is 5.13 Å². The third-order valence-corrected chi connectivity index (χ3v) is 3.81. The molecule has 0 aliphatic heterocycles. The maximum Gasteiger partial charge on any atom is 0.321 e. The normalized spacial score (nSPS) is 12.1. The Balaban J connectivity index is 1.87. The van der Waals surface area contributed by atoms with Crippen LogP contribution in [0.15, 0.2) is 6.33 Å². The van der Waals surface area contributed by atoms with Crippen LogP contribution in [0.5, 0.6) is 0 Å². The molecule has 9 heteroatoms. The summed E-state index contributed by atoms with van der Waals surface area (Å²) in [6.45, 7) is 3.97. The monoisotopic (exact) mass is 309 g/mol. The summed E-state index contributed by atoms with van der Waals surface area (Å²) in [5.74, 6) is 0.686. The van der Waals surface area contributed by atoms with E-state index in [1.807, 2.05) is 14.0 Å². The molecule has 1 unspecified atom stereocenters. The van der Waals surface area contributed by atoms with Crippen molar-refractivity contribution < 1.29 is 4.79 Å². The van der Waals surface area contributed by atoms with Gasteiger partial charge in [0.05, 0.1) is 6.04 Å². The van der Waals surface area contributed by atoms with Crippen LogP contribution in [-0.2, 0) is 13.5 Å². The van der Waals surface area contributed by atoms with E-state index in [4.69, 9.17) is 0 Å². The van der Waals surface area contributed by atoms with Crippen molar-refractivity contribution in [2.24, 2.45) is 7.05 Å². The Morgan fingerprint density at radius 3 is 2.90 bits per heavy atom. The van der Waals surface area contributed by atoms with Crippen LogP contribution in [0.4, 0.5) is 9.93 Å². The Kier molecular flexibility index (Phi) is 5.20. The highest BCUT2D eigenvalue weighted by Crippen LogP contribution is 2.17. The van der Waals surface area contributed by atoms with Gasteiger partial charge in [-0.05, 0) is 13.3 Å². The Bertz CT molecular complexity index is 594. The summed E-state index contributed by atoms with van der Waals surface area (Å²) in [7, 11) is 1.83. The minimum Gasteiger partial charge on any atom is -0.328 e. The number of carbonyl (C=O) groups is 1. The molecule has 2 amide bonds. The minimum absolute atomic E-state index is 0.245. The highest BCUT2D eigenvalue weighted by Gasteiger charge is 2.15. The smallest absolute Gasteiger partial charge is 0.321 e. The summed E-state index contributed by atoms with van der Waals surface area (Å²) in [4.78, 5) is 11.9. The van der Waals surface area contributed by atoms with Gasteiger partial charge in [-0.2, -0.15) is 0 Å². The molecule has 8 nitrogen and oxygen atoms in total. The van der Waals surface area contributed by atoms with Gasteiger partial charge in [0.1, 0.15) is 11.3 Å². The van der Waals surface area contributed by atoms with Crippen molar-refractivity contribution in [2.45, 2.75) is 39.2 Å². The van der Waals surface area contributed by atoms with E-state index in [1.54, 1.807) is 10.9 Å². The largest absolute Gasteiger partial charge is 0.328 e. The number of aryl methyl sites for hydroxylation is 2. The van der Waals surface area contributed by atoms with Crippen molar-refractivity contribution in [1.82, 2.24) is 30.3 Å². The molecule has 2 aromatic rings. The molecule has 0 spiro atoms. The number of rotatable bonds is 6. The molecular formula is C12H19N7OS. The molecule has 0 saturated carbocycles. The zero-order valence-corrected chi connectivity index (χ0v) is 13.1. The van der Waals surface area contributed by atoms with Gasteiger partial charge in [0.25, 0.3) is 0 Å². The first-order valence-electron chi connectivity index (χ1n) is 6.84. The quantitative estimate of drug-likeness (QED) is 0.849. The summed E-state index contributed by atoms with van der Waals surface area (Å²) in [5, 5.41) is 22.7. The van der Waals surface area contributed by atoms with E-state index < -0.39 is 0 Å².